The normalized spacial score (nSPS) is 11.0. The van der Waals surface area contributed by atoms with Gasteiger partial charge in [-0.05, 0) is 50.0 Å². The fraction of sp³-hybridized carbons (Fsp3) is 0.200. The Morgan fingerprint density at radius 2 is 1.84 bits per heavy atom. The van der Waals surface area contributed by atoms with E-state index >= 15 is 0 Å². The maximum Gasteiger partial charge on any atom is 0.291 e. The fourth-order valence-electron chi connectivity index (χ4n) is 3.45. The van der Waals surface area contributed by atoms with E-state index in [0.717, 1.165) is 16.5 Å². The lowest BCUT2D eigenvalue weighted by Crippen LogP contribution is -2.17. The number of rotatable bonds is 8. The number of fused-ring (bicyclic) bond motifs is 1. The maximum absolute atomic E-state index is 13.1. The lowest BCUT2D eigenvalue weighted by molar-refractivity contribution is 0.0996. The van der Waals surface area contributed by atoms with Crippen molar-refractivity contribution in [3.8, 4) is 11.5 Å². The Morgan fingerprint density at radius 1 is 1.06 bits per heavy atom. The molecule has 0 unspecified atom stereocenters. The number of amides is 1. The number of carbonyl (C=O) groups is 1. The van der Waals surface area contributed by atoms with Crippen LogP contribution in [-0.2, 0) is 13.2 Å². The van der Waals surface area contributed by atoms with E-state index in [2.05, 4.69) is 10.3 Å². The average Bonchev–Trinajstić information content (AvgIpc) is 3.16. The van der Waals surface area contributed by atoms with Crippen molar-refractivity contribution in [3.63, 3.8) is 0 Å². The number of nitrogens with zero attached hydrogens (tertiary/aromatic N) is 2. The molecular formula is C25H25N3O4. The molecule has 164 valence electrons. The molecule has 0 aliphatic carbocycles. The number of hydrogen-bond acceptors (Lipinski definition) is 6. The van der Waals surface area contributed by atoms with Crippen molar-refractivity contribution in [1.82, 2.24) is 9.88 Å². The number of hydrogen-bond donors (Lipinski definition) is 1. The lowest BCUT2D eigenvalue weighted by atomic mass is 10.1. The number of benzene rings is 2. The minimum atomic E-state index is -0.316. The highest BCUT2D eigenvalue weighted by molar-refractivity contribution is 6.06. The van der Waals surface area contributed by atoms with Crippen molar-refractivity contribution in [1.29, 1.82) is 0 Å². The van der Waals surface area contributed by atoms with Crippen LogP contribution in [0.1, 0.15) is 21.7 Å². The standard InChI is InChI=1S/C25H25N3O4/c1-28(2)15-20-19-6-4-5-7-21(19)32-24(20)25(29)27-18-8-9-22(30-3)23(14-18)31-16-17-10-12-26-13-11-17/h4-14H,15-16H2,1-3H3,(H,27,29). The van der Waals surface area contributed by atoms with Gasteiger partial charge in [-0.15, -0.1) is 0 Å². The molecule has 0 spiro atoms. The number of aromatic nitrogens is 1. The fourth-order valence-corrected chi connectivity index (χ4v) is 3.45. The van der Waals surface area contributed by atoms with Crippen LogP contribution in [0.5, 0.6) is 11.5 Å². The number of para-hydroxylation sites is 1. The Hall–Kier alpha value is -3.84. The second kappa shape index (κ2) is 9.53. The molecule has 0 saturated heterocycles. The summed E-state index contributed by atoms with van der Waals surface area (Å²) in [6.45, 7) is 0.940. The summed E-state index contributed by atoms with van der Waals surface area (Å²) in [6.07, 6.45) is 3.43. The van der Waals surface area contributed by atoms with E-state index in [9.17, 15) is 4.79 Å². The smallest absolute Gasteiger partial charge is 0.291 e. The van der Waals surface area contributed by atoms with Gasteiger partial charge in [0.25, 0.3) is 5.91 Å². The Labute approximate surface area is 186 Å². The maximum atomic E-state index is 13.1. The first-order chi connectivity index (χ1) is 15.5. The molecule has 0 saturated carbocycles. The van der Waals surface area contributed by atoms with Crippen LogP contribution in [-0.4, -0.2) is 37.0 Å². The quantitative estimate of drug-likeness (QED) is 0.435. The summed E-state index contributed by atoms with van der Waals surface area (Å²) in [5.74, 6) is 1.09. The lowest BCUT2D eigenvalue weighted by Gasteiger charge is -2.13. The van der Waals surface area contributed by atoms with Gasteiger partial charge in [0.1, 0.15) is 12.2 Å². The minimum Gasteiger partial charge on any atom is -0.493 e. The summed E-state index contributed by atoms with van der Waals surface area (Å²) in [6, 6.07) is 16.7. The summed E-state index contributed by atoms with van der Waals surface area (Å²) in [5.41, 5.74) is 3.10. The molecule has 1 amide bonds. The first-order valence-electron chi connectivity index (χ1n) is 10.2. The van der Waals surface area contributed by atoms with E-state index in [1.165, 1.54) is 0 Å². The van der Waals surface area contributed by atoms with Crippen molar-refractivity contribution >= 4 is 22.6 Å². The van der Waals surface area contributed by atoms with Crippen LogP contribution in [0.15, 0.2) is 71.4 Å². The van der Waals surface area contributed by atoms with Crippen LogP contribution < -0.4 is 14.8 Å². The highest BCUT2D eigenvalue weighted by Crippen LogP contribution is 2.32. The molecule has 0 atom stereocenters. The summed E-state index contributed by atoms with van der Waals surface area (Å²) in [5, 5.41) is 3.86. The summed E-state index contributed by atoms with van der Waals surface area (Å²) >= 11 is 0. The molecule has 4 aromatic rings. The van der Waals surface area contributed by atoms with Gasteiger partial charge in [-0.2, -0.15) is 0 Å². The number of anilines is 1. The van der Waals surface area contributed by atoms with Gasteiger partial charge in [-0.3, -0.25) is 9.78 Å². The van der Waals surface area contributed by atoms with Gasteiger partial charge in [-0.25, -0.2) is 0 Å². The first-order valence-corrected chi connectivity index (χ1v) is 10.2. The number of pyridine rings is 1. The molecule has 0 aliphatic rings. The first kappa shape index (κ1) is 21.4. The molecule has 0 aliphatic heterocycles. The Balaban J connectivity index is 1.58. The SMILES string of the molecule is COc1ccc(NC(=O)c2oc3ccccc3c2CN(C)C)cc1OCc1ccncc1. The monoisotopic (exact) mass is 431 g/mol. The van der Waals surface area contributed by atoms with Crippen molar-refractivity contribution in [2.75, 3.05) is 26.5 Å². The van der Waals surface area contributed by atoms with Gasteiger partial charge < -0.3 is 24.1 Å². The van der Waals surface area contributed by atoms with Gasteiger partial charge in [0.05, 0.1) is 7.11 Å². The molecule has 7 nitrogen and oxygen atoms in total. The molecule has 2 aromatic carbocycles. The molecule has 4 rings (SSSR count). The van der Waals surface area contributed by atoms with Crippen LogP contribution in [0.4, 0.5) is 5.69 Å². The predicted octanol–water partition coefficient (Wildman–Crippen LogP) is 4.73. The van der Waals surface area contributed by atoms with Crippen molar-refractivity contribution in [3.05, 3.63) is 83.9 Å². The van der Waals surface area contributed by atoms with Crippen LogP contribution >= 0.6 is 0 Å². The third-order valence-electron chi connectivity index (χ3n) is 4.94. The van der Waals surface area contributed by atoms with Crippen molar-refractivity contribution in [2.24, 2.45) is 0 Å². The van der Waals surface area contributed by atoms with Crippen LogP contribution in [0.2, 0.25) is 0 Å². The van der Waals surface area contributed by atoms with E-state index in [0.29, 0.717) is 41.7 Å². The summed E-state index contributed by atoms with van der Waals surface area (Å²) in [7, 11) is 5.49. The Morgan fingerprint density at radius 3 is 2.59 bits per heavy atom. The largest absolute Gasteiger partial charge is 0.493 e. The van der Waals surface area contributed by atoms with E-state index in [1.54, 1.807) is 37.7 Å². The average molecular weight is 431 g/mol. The van der Waals surface area contributed by atoms with Crippen LogP contribution in [0.3, 0.4) is 0 Å². The minimum absolute atomic E-state index is 0.301. The second-order valence-corrected chi connectivity index (χ2v) is 7.61. The molecule has 0 fully saturated rings. The van der Waals surface area contributed by atoms with Gasteiger partial charge in [0.2, 0.25) is 0 Å². The topological polar surface area (TPSA) is 76.8 Å². The van der Waals surface area contributed by atoms with E-state index in [4.69, 9.17) is 13.9 Å². The van der Waals surface area contributed by atoms with Crippen molar-refractivity contribution in [2.45, 2.75) is 13.2 Å². The number of carbonyl (C=O) groups excluding carboxylic acids is 1. The molecule has 7 heteroatoms. The van der Waals surface area contributed by atoms with Gasteiger partial charge >= 0.3 is 0 Å². The van der Waals surface area contributed by atoms with Gasteiger partial charge in [0.15, 0.2) is 17.3 Å². The van der Waals surface area contributed by atoms with E-state index in [1.807, 2.05) is 55.4 Å². The third-order valence-corrected chi connectivity index (χ3v) is 4.94. The number of furan rings is 1. The van der Waals surface area contributed by atoms with Crippen LogP contribution in [0.25, 0.3) is 11.0 Å². The van der Waals surface area contributed by atoms with Gasteiger partial charge in [-0.1, -0.05) is 18.2 Å². The highest BCUT2D eigenvalue weighted by Gasteiger charge is 2.21. The summed E-state index contributed by atoms with van der Waals surface area (Å²) < 4.78 is 17.3. The zero-order valence-corrected chi connectivity index (χ0v) is 18.3. The highest BCUT2D eigenvalue weighted by atomic mass is 16.5. The second-order valence-electron chi connectivity index (χ2n) is 7.61. The number of nitrogens with one attached hydrogen (secondary N) is 1. The Bertz CT molecular complexity index is 1220. The van der Waals surface area contributed by atoms with E-state index in [-0.39, 0.29) is 5.91 Å². The molecule has 2 aromatic heterocycles. The van der Waals surface area contributed by atoms with Crippen LogP contribution in [0, 0.1) is 0 Å². The van der Waals surface area contributed by atoms with Gasteiger partial charge in [0, 0.05) is 41.6 Å². The predicted molar refractivity (Wildman–Crippen MR) is 123 cm³/mol. The molecule has 2 heterocycles. The third kappa shape index (κ3) is 4.73. The van der Waals surface area contributed by atoms with E-state index < -0.39 is 0 Å². The molecular weight excluding hydrogens is 406 g/mol. The molecule has 32 heavy (non-hydrogen) atoms. The molecule has 0 bridgehead atoms. The zero-order valence-electron chi connectivity index (χ0n) is 18.3. The Kier molecular flexibility index (Phi) is 6.37. The number of ether oxygens (including phenoxy) is 2. The number of methoxy groups -OCH3 is 1. The summed E-state index contributed by atoms with van der Waals surface area (Å²) in [4.78, 5) is 19.1. The van der Waals surface area contributed by atoms with Crippen molar-refractivity contribution < 1.29 is 18.7 Å². The molecule has 0 radical (unpaired) electrons. The zero-order chi connectivity index (χ0) is 22.5. The molecule has 1 N–H and O–H groups in total.